The van der Waals surface area contributed by atoms with Crippen molar-refractivity contribution in [3.63, 3.8) is 0 Å². The second kappa shape index (κ2) is 2.71. The Kier molecular flexibility index (Phi) is 1.51. The highest BCUT2D eigenvalue weighted by atomic mass is 14.7. The summed E-state index contributed by atoms with van der Waals surface area (Å²) in [6, 6.07) is 8.23. The Morgan fingerprint density at radius 2 is 2.00 bits per heavy atom. The zero-order valence-corrected chi connectivity index (χ0v) is 7.90. The van der Waals surface area contributed by atoms with Crippen molar-refractivity contribution in [2.75, 3.05) is 5.73 Å². The van der Waals surface area contributed by atoms with Crippen LogP contribution in [0.2, 0.25) is 0 Å². The van der Waals surface area contributed by atoms with Gasteiger partial charge in [-0.2, -0.15) is 0 Å². The lowest BCUT2D eigenvalue weighted by molar-refractivity contribution is 1.14. The summed E-state index contributed by atoms with van der Waals surface area (Å²) in [6.07, 6.45) is 4.34. The molecule has 0 spiro atoms. The van der Waals surface area contributed by atoms with Crippen LogP contribution in [0.4, 0.5) is 5.69 Å². The lowest BCUT2D eigenvalue weighted by Gasteiger charge is -2.07. The Morgan fingerprint density at radius 3 is 2.79 bits per heavy atom. The van der Waals surface area contributed by atoms with Crippen LogP contribution in [0.5, 0.6) is 0 Å². The molecule has 14 heavy (non-hydrogen) atoms. The Balaban J connectivity index is 2.37. The minimum atomic E-state index is 0.683. The normalized spacial score (nSPS) is 16.0. The first-order chi connectivity index (χ1) is 6.86. The van der Waals surface area contributed by atoms with Crippen LogP contribution in [0.3, 0.4) is 0 Å². The topological polar surface area (TPSA) is 38.9 Å². The molecule has 1 aliphatic rings. The highest BCUT2D eigenvalue weighted by molar-refractivity contribution is 5.87. The van der Waals surface area contributed by atoms with Crippen molar-refractivity contribution in [3.05, 3.63) is 36.0 Å². The van der Waals surface area contributed by atoms with Gasteiger partial charge < -0.3 is 5.73 Å². The Morgan fingerprint density at radius 1 is 1.21 bits per heavy atom. The molecule has 2 heteroatoms. The van der Waals surface area contributed by atoms with Crippen LogP contribution in [0, 0.1) is 0 Å². The summed E-state index contributed by atoms with van der Waals surface area (Å²) in [5, 5.41) is 1.23. The molecule has 0 unspecified atom stereocenters. The van der Waals surface area contributed by atoms with Crippen molar-refractivity contribution in [2.24, 2.45) is 0 Å². The summed E-state index contributed by atoms with van der Waals surface area (Å²) in [5.74, 6) is 0.683. The van der Waals surface area contributed by atoms with E-state index < -0.39 is 0 Å². The molecule has 0 radical (unpaired) electrons. The summed E-state index contributed by atoms with van der Waals surface area (Å²) < 4.78 is 0. The van der Waals surface area contributed by atoms with Gasteiger partial charge >= 0.3 is 0 Å². The molecule has 0 atom stereocenters. The molecule has 0 aliphatic heterocycles. The second-order valence-electron chi connectivity index (χ2n) is 3.92. The first-order valence-electron chi connectivity index (χ1n) is 4.99. The van der Waals surface area contributed by atoms with Crippen LogP contribution < -0.4 is 5.73 Å². The number of benzene rings is 1. The quantitative estimate of drug-likeness (QED) is 0.740. The van der Waals surface area contributed by atoms with Gasteiger partial charge in [0.15, 0.2) is 0 Å². The molecule has 1 aromatic carbocycles. The second-order valence-corrected chi connectivity index (χ2v) is 3.92. The molecule has 2 nitrogen and oxygen atoms in total. The number of rotatable bonds is 1. The van der Waals surface area contributed by atoms with Gasteiger partial charge in [-0.1, -0.05) is 18.2 Å². The number of anilines is 1. The van der Waals surface area contributed by atoms with Crippen molar-refractivity contribution in [1.82, 2.24) is 4.98 Å². The van der Waals surface area contributed by atoms with E-state index in [0.29, 0.717) is 5.92 Å². The molecule has 1 aliphatic carbocycles. The van der Waals surface area contributed by atoms with Crippen molar-refractivity contribution in [1.29, 1.82) is 0 Å². The molecule has 2 aromatic rings. The van der Waals surface area contributed by atoms with Gasteiger partial charge in [0.25, 0.3) is 0 Å². The lowest BCUT2D eigenvalue weighted by atomic mass is 10.0. The van der Waals surface area contributed by atoms with Gasteiger partial charge in [-0.15, -0.1) is 0 Å². The number of nitrogens with zero attached hydrogens (tertiary/aromatic N) is 1. The average molecular weight is 184 g/mol. The van der Waals surface area contributed by atoms with Crippen molar-refractivity contribution < 1.29 is 0 Å². The van der Waals surface area contributed by atoms with Gasteiger partial charge in [-0.3, -0.25) is 4.98 Å². The van der Waals surface area contributed by atoms with E-state index in [1.807, 2.05) is 12.1 Å². The molecule has 0 saturated heterocycles. The molecule has 1 aromatic heterocycles. The number of aromatic nitrogens is 1. The Bertz CT molecular complexity index is 487. The van der Waals surface area contributed by atoms with E-state index in [1.54, 1.807) is 6.20 Å². The van der Waals surface area contributed by atoms with E-state index in [2.05, 4.69) is 17.1 Å². The first kappa shape index (κ1) is 7.80. The molecule has 1 saturated carbocycles. The summed E-state index contributed by atoms with van der Waals surface area (Å²) >= 11 is 0. The maximum Gasteiger partial charge on any atom is 0.0706 e. The number of nitrogen functional groups attached to an aromatic ring is 1. The van der Waals surface area contributed by atoms with Gasteiger partial charge in [0.05, 0.1) is 17.4 Å². The van der Waals surface area contributed by atoms with E-state index in [4.69, 9.17) is 5.73 Å². The fourth-order valence-electron chi connectivity index (χ4n) is 2.01. The molecule has 2 N–H and O–H groups in total. The van der Waals surface area contributed by atoms with Crippen LogP contribution in [-0.4, -0.2) is 4.98 Å². The summed E-state index contributed by atoms with van der Waals surface area (Å²) in [4.78, 5) is 4.33. The zero-order valence-electron chi connectivity index (χ0n) is 7.90. The molecule has 0 bridgehead atoms. The minimum absolute atomic E-state index is 0.683. The fourth-order valence-corrected chi connectivity index (χ4v) is 2.01. The maximum absolute atomic E-state index is 5.97. The molecule has 0 amide bonds. The number of hydrogen-bond donors (Lipinski definition) is 1. The standard InChI is InChI=1S/C12H12N2/c13-10-7-14-11-4-2-1-3-9(11)12(10)8-5-6-8/h1-4,7-8H,5-6,13H2. The van der Waals surface area contributed by atoms with Crippen LogP contribution in [-0.2, 0) is 0 Å². The number of pyridine rings is 1. The first-order valence-corrected chi connectivity index (χ1v) is 4.99. The number of nitrogens with two attached hydrogens (primary N) is 1. The van der Waals surface area contributed by atoms with E-state index >= 15 is 0 Å². The van der Waals surface area contributed by atoms with Gasteiger partial charge in [-0.05, 0) is 30.4 Å². The Hall–Kier alpha value is -1.57. The van der Waals surface area contributed by atoms with E-state index in [0.717, 1.165) is 11.2 Å². The minimum Gasteiger partial charge on any atom is -0.397 e. The summed E-state index contributed by atoms with van der Waals surface area (Å²) in [7, 11) is 0. The van der Waals surface area contributed by atoms with Gasteiger partial charge in [-0.25, -0.2) is 0 Å². The SMILES string of the molecule is Nc1cnc2ccccc2c1C1CC1. The number of para-hydroxylation sites is 1. The third-order valence-electron chi connectivity index (χ3n) is 2.83. The fraction of sp³-hybridized carbons (Fsp3) is 0.250. The molecule has 1 fully saturated rings. The monoisotopic (exact) mass is 184 g/mol. The summed E-state index contributed by atoms with van der Waals surface area (Å²) in [6.45, 7) is 0. The van der Waals surface area contributed by atoms with E-state index in [1.165, 1.54) is 23.8 Å². The highest BCUT2D eigenvalue weighted by Gasteiger charge is 2.27. The smallest absolute Gasteiger partial charge is 0.0706 e. The molecular weight excluding hydrogens is 172 g/mol. The molecule has 3 rings (SSSR count). The van der Waals surface area contributed by atoms with E-state index in [-0.39, 0.29) is 0 Å². The van der Waals surface area contributed by atoms with Crippen molar-refractivity contribution in [2.45, 2.75) is 18.8 Å². The lowest BCUT2D eigenvalue weighted by Crippen LogP contribution is -1.95. The van der Waals surface area contributed by atoms with Crippen LogP contribution in [0.25, 0.3) is 10.9 Å². The molecular formula is C12H12N2. The number of hydrogen-bond acceptors (Lipinski definition) is 2. The van der Waals surface area contributed by atoms with Crippen LogP contribution >= 0.6 is 0 Å². The maximum atomic E-state index is 5.97. The third kappa shape index (κ3) is 1.07. The van der Waals surface area contributed by atoms with Crippen LogP contribution in [0.15, 0.2) is 30.5 Å². The van der Waals surface area contributed by atoms with E-state index in [9.17, 15) is 0 Å². The predicted octanol–water partition coefficient (Wildman–Crippen LogP) is 2.69. The van der Waals surface area contributed by atoms with Gasteiger partial charge in [0.1, 0.15) is 0 Å². The Labute approximate surface area is 82.8 Å². The summed E-state index contributed by atoms with van der Waals surface area (Å²) in [5.41, 5.74) is 9.19. The molecule has 70 valence electrons. The zero-order chi connectivity index (χ0) is 9.54. The molecule has 1 heterocycles. The van der Waals surface area contributed by atoms with Crippen molar-refractivity contribution in [3.8, 4) is 0 Å². The number of fused-ring (bicyclic) bond motifs is 1. The third-order valence-corrected chi connectivity index (χ3v) is 2.83. The average Bonchev–Trinajstić information content (AvgIpc) is 3.01. The van der Waals surface area contributed by atoms with Crippen LogP contribution in [0.1, 0.15) is 24.3 Å². The van der Waals surface area contributed by atoms with Crippen molar-refractivity contribution >= 4 is 16.6 Å². The largest absolute Gasteiger partial charge is 0.397 e. The highest BCUT2D eigenvalue weighted by Crippen LogP contribution is 2.45. The van der Waals surface area contributed by atoms with Gasteiger partial charge in [0.2, 0.25) is 0 Å². The predicted molar refractivity (Wildman–Crippen MR) is 58.1 cm³/mol. The van der Waals surface area contributed by atoms with Gasteiger partial charge in [0, 0.05) is 5.39 Å².